The number of likely N-dealkylation sites (N-methyl/N-ethyl adjacent to an activating group) is 1. The van der Waals surface area contributed by atoms with Crippen molar-refractivity contribution in [3.8, 4) is 0 Å². The molecule has 4 atom stereocenters. The van der Waals surface area contributed by atoms with Gasteiger partial charge in [-0.3, -0.25) is 4.90 Å². The number of hydrogen-bond acceptors (Lipinski definition) is 3. The van der Waals surface area contributed by atoms with Crippen LogP contribution in [0, 0.1) is 5.92 Å². The highest BCUT2D eigenvalue weighted by atomic mass is 16.5. The van der Waals surface area contributed by atoms with E-state index in [9.17, 15) is 0 Å². The Morgan fingerprint density at radius 3 is 2.71 bits per heavy atom. The van der Waals surface area contributed by atoms with E-state index in [1.54, 1.807) is 0 Å². The first-order valence-electron chi connectivity index (χ1n) is 9.37. The monoisotopic (exact) mass is 296 g/mol. The van der Waals surface area contributed by atoms with E-state index in [0.29, 0.717) is 12.1 Å². The van der Waals surface area contributed by atoms with E-state index in [1.807, 2.05) is 0 Å². The Bertz CT molecular complexity index is 282. The van der Waals surface area contributed by atoms with Crippen molar-refractivity contribution >= 4 is 0 Å². The van der Waals surface area contributed by atoms with Crippen LogP contribution in [-0.2, 0) is 4.74 Å². The van der Waals surface area contributed by atoms with Crippen LogP contribution in [0.2, 0.25) is 0 Å². The van der Waals surface area contributed by atoms with Gasteiger partial charge >= 0.3 is 0 Å². The predicted octanol–water partition coefficient (Wildman–Crippen LogP) is 3.43. The zero-order valence-corrected chi connectivity index (χ0v) is 14.4. The van der Waals surface area contributed by atoms with Crippen LogP contribution in [0.1, 0.15) is 65.7 Å². The summed E-state index contributed by atoms with van der Waals surface area (Å²) in [4.78, 5) is 2.75. The topological polar surface area (TPSA) is 24.5 Å². The molecule has 124 valence electrons. The summed E-state index contributed by atoms with van der Waals surface area (Å²) in [6.07, 6.45) is 9.95. The summed E-state index contributed by atoms with van der Waals surface area (Å²) in [5.41, 5.74) is 0. The minimum absolute atomic E-state index is 0.470. The minimum Gasteiger partial charge on any atom is -0.377 e. The Hall–Kier alpha value is -0.120. The van der Waals surface area contributed by atoms with E-state index >= 15 is 0 Å². The van der Waals surface area contributed by atoms with Crippen LogP contribution < -0.4 is 5.32 Å². The molecule has 1 saturated carbocycles. The molecular weight excluding hydrogens is 260 g/mol. The fraction of sp³-hybridized carbons (Fsp3) is 1.00. The van der Waals surface area contributed by atoms with E-state index < -0.39 is 0 Å². The van der Waals surface area contributed by atoms with Gasteiger partial charge < -0.3 is 10.1 Å². The number of piperidine rings is 1. The van der Waals surface area contributed by atoms with Gasteiger partial charge in [-0.25, -0.2) is 0 Å². The van der Waals surface area contributed by atoms with Crippen LogP contribution in [0.3, 0.4) is 0 Å². The molecule has 0 aromatic heterocycles. The fourth-order valence-electron chi connectivity index (χ4n) is 4.44. The van der Waals surface area contributed by atoms with Crippen LogP contribution >= 0.6 is 0 Å². The van der Waals surface area contributed by atoms with Gasteiger partial charge in [-0.05, 0) is 58.0 Å². The minimum atomic E-state index is 0.470. The number of hydrogen-bond donors (Lipinski definition) is 1. The lowest BCUT2D eigenvalue weighted by molar-refractivity contribution is -0.0228. The van der Waals surface area contributed by atoms with E-state index in [1.165, 1.54) is 51.5 Å². The molecule has 3 nitrogen and oxygen atoms in total. The summed E-state index contributed by atoms with van der Waals surface area (Å²) in [6.45, 7) is 11.1. The standard InChI is InChI=1S/C18H36N2O/c1-4-8-15-10-11-17(19-5-2)18(13-15)20-12-7-9-16(14-20)21-6-3/h15-19H,4-14H2,1-3H3. The lowest BCUT2D eigenvalue weighted by atomic mass is 9.79. The highest BCUT2D eigenvalue weighted by molar-refractivity contribution is 4.93. The predicted molar refractivity (Wildman–Crippen MR) is 89.7 cm³/mol. The fourth-order valence-corrected chi connectivity index (χ4v) is 4.44. The van der Waals surface area contributed by atoms with Crippen molar-refractivity contribution in [1.82, 2.24) is 10.2 Å². The summed E-state index contributed by atoms with van der Waals surface area (Å²) in [5.74, 6) is 0.947. The third-order valence-corrected chi connectivity index (χ3v) is 5.37. The molecule has 2 rings (SSSR count). The third-order valence-electron chi connectivity index (χ3n) is 5.37. The molecule has 0 aromatic rings. The van der Waals surface area contributed by atoms with E-state index in [4.69, 9.17) is 4.74 Å². The molecule has 1 saturated heterocycles. The van der Waals surface area contributed by atoms with Crippen LogP contribution in [0.25, 0.3) is 0 Å². The smallest absolute Gasteiger partial charge is 0.0702 e. The van der Waals surface area contributed by atoms with Gasteiger partial charge in [0.1, 0.15) is 0 Å². The van der Waals surface area contributed by atoms with Gasteiger partial charge in [-0.15, -0.1) is 0 Å². The van der Waals surface area contributed by atoms with Gasteiger partial charge in [0, 0.05) is 25.2 Å². The molecule has 4 unspecified atom stereocenters. The van der Waals surface area contributed by atoms with Crippen molar-refractivity contribution in [2.45, 2.75) is 83.9 Å². The zero-order chi connectivity index (χ0) is 15.1. The quantitative estimate of drug-likeness (QED) is 0.779. The summed E-state index contributed by atoms with van der Waals surface area (Å²) in [5, 5.41) is 3.76. The van der Waals surface area contributed by atoms with Gasteiger partial charge in [0.15, 0.2) is 0 Å². The van der Waals surface area contributed by atoms with Crippen molar-refractivity contribution in [3.63, 3.8) is 0 Å². The van der Waals surface area contributed by atoms with Crippen molar-refractivity contribution in [2.75, 3.05) is 26.2 Å². The van der Waals surface area contributed by atoms with Gasteiger partial charge in [0.2, 0.25) is 0 Å². The van der Waals surface area contributed by atoms with Gasteiger partial charge in [-0.2, -0.15) is 0 Å². The van der Waals surface area contributed by atoms with Gasteiger partial charge in [0.05, 0.1) is 6.10 Å². The first kappa shape index (κ1) is 17.2. The number of nitrogens with one attached hydrogen (secondary N) is 1. The van der Waals surface area contributed by atoms with Crippen molar-refractivity contribution in [3.05, 3.63) is 0 Å². The van der Waals surface area contributed by atoms with E-state index in [-0.39, 0.29) is 0 Å². The Kier molecular flexibility index (Phi) is 7.48. The normalized spacial score (nSPS) is 35.0. The molecule has 3 heteroatoms. The Morgan fingerprint density at radius 1 is 1.14 bits per heavy atom. The Balaban J connectivity index is 1.96. The Morgan fingerprint density at radius 2 is 2.00 bits per heavy atom. The zero-order valence-electron chi connectivity index (χ0n) is 14.4. The number of ether oxygens (including phenoxy) is 1. The highest BCUT2D eigenvalue weighted by Crippen LogP contribution is 2.32. The second-order valence-electron chi connectivity index (χ2n) is 6.91. The summed E-state index contributed by atoms with van der Waals surface area (Å²) in [7, 11) is 0. The number of likely N-dealkylation sites (tertiary alicyclic amines) is 1. The molecule has 0 radical (unpaired) electrons. The molecule has 1 heterocycles. The van der Waals surface area contributed by atoms with Gasteiger partial charge in [-0.1, -0.05) is 26.7 Å². The lowest BCUT2D eigenvalue weighted by Crippen LogP contribution is -2.56. The van der Waals surface area contributed by atoms with Crippen molar-refractivity contribution < 1.29 is 4.74 Å². The SMILES string of the molecule is CCCC1CCC(NCC)C(N2CCCC(OCC)C2)C1. The molecule has 0 bridgehead atoms. The molecule has 2 aliphatic rings. The van der Waals surface area contributed by atoms with Crippen LogP contribution in [0.15, 0.2) is 0 Å². The highest BCUT2D eigenvalue weighted by Gasteiger charge is 2.35. The number of nitrogens with zero attached hydrogens (tertiary/aromatic N) is 1. The Labute approximate surface area is 131 Å². The first-order valence-corrected chi connectivity index (χ1v) is 9.37. The second-order valence-corrected chi connectivity index (χ2v) is 6.91. The van der Waals surface area contributed by atoms with Crippen LogP contribution in [0.4, 0.5) is 0 Å². The molecule has 1 aliphatic carbocycles. The number of rotatable bonds is 7. The summed E-state index contributed by atoms with van der Waals surface area (Å²) >= 11 is 0. The lowest BCUT2D eigenvalue weighted by Gasteiger charge is -2.46. The largest absolute Gasteiger partial charge is 0.377 e. The average Bonchev–Trinajstić information content (AvgIpc) is 2.50. The molecule has 2 fully saturated rings. The maximum absolute atomic E-state index is 5.91. The molecule has 1 aliphatic heterocycles. The van der Waals surface area contributed by atoms with Crippen LogP contribution in [0.5, 0.6) is 0 Å². The maximum Gasteiger partial charge on any atom is 0.0702 e. The van der Waals surface area contributed by atoms with Gasteiger partial charge in [0.25, 0.3) is 0 Å². The molecule has 1 N–H and O–H groups in total. The molecule has 0 amide bonds. The van der Waals surface area contributed by atoms with E-state index in [0.717, 1.165) is 31.7 Å². The molecule has 0 aromatic carbocycles. The summed E-state index contributed by atoms with van der Waals surface area (Å²) < 4.78 is 5.91. The van der Waals surface area contributed by atoms with E-state index in [2.05, 4.69) is 31.0 Å². The second kappa shape index (κ2) is 9.12. The molecule has 0 spiro atoms. The molecular formula is C18H36N2O. The molecule has 21 heavy (non-hydrogen) atoms. The van der Waals surface area contributed by atoms with Crippen LogP contribution in [-0.4, -0.2) is 49.3 Å². The van der Waals surface area contributed by atoms with Crippen molar-refractivity contribution in [1.29, 1.82) is 0 Å². The first-order chi connectivity index (χ1) is 10.3. The summed E-state index contributed by atoms with van der Waals surface area (Å²) in [6, 6.07) is 1.43. The maximum atomic E-state index is 5.91. The average molecular weight is 296 g/mol. The van der Waals surface area contributed by atoms with Crippen molar-refractivity contribution in [2.24, 2.45) is 5.92 Å². The third kappa shape index (κ3) is 4.94.